The number of nitrogens with zero attached hydrogens (tertiary/aromatic N) is 2. The third kappa shape index (κ3) is 2.69. The molecule has 2 aliphatic rings. The van der Waals surface area contributed by atoms with Gasteiger partial charge in [0, 0.05) is 6.04 Å². The molecule has 110 valence electrons. The predicted molar refractivity (Wildman–Crippen MR) is 68.5 cm³/mol. The lowest BCUT2D eigenvalue weighted by atomic mass is 10.0. The summed E-state index contributed by atoms with van der Waals surface area (Å²) in [5.74, 6) is 1.35. The number of rotatable bonds is 2. The van der Waals surface area contributed by atoms with Crippen molar-refractivity contribution in [2.75, 3.05) is 18.4 Å². The average molecular weight is 307 g/mol. The molecule has 3 atom stereocenters. The summed E-state index contributed by atoms with van der Waals surface area (Å²) >= 11 is 5.45. The number of anilines is 1. The monoisotopic (exact) mass is 306 g/mol. The maximum atomic E-state index is 12.7. The first-order chi connectivity index (χ1) is 9.43. The van der Waals surface area contributed by atoms with Crippen LogP contribution in [-0.4, -0.2) is 29.3 Å². The lowest BCUT2D eigenvalue weighted by Crippen LogP contribution is -2.21. The molecule has 2 N–H and O–H groups in total. The fourth-order valence-corrected chi connectivity index (χ4v) is 3.34. The molecule has 3 rings (SSSR count). The van der Waals surface area contributed by atoms with Crippen LogP contribution in [0.2, 0.25) is 5.15 Å². The normalized spacial score (nSPS) is 29.5. The molecule has 8 heteroatoms. The van der Waals surface area contributed by atoms with Crippen LogP contribution in [0.1, 0.15) is 18.4 Å². The van der Waals surface area contributed by atoms with Crippen LogP contribution in [0.25, 0.3) is 0 Å². The van der Waals surface area contributed by atoms with Gasteiger partial charge in [0.1, 0.15) is 5.82 Å². The molecule has 0 amide bonds. The van der Waals surface area contributed by atoms with E-state index in [1.165, 1.54) is 0 Å². The lowest BCUT2D eigenvalue weighted by molar-refractivity contribution is -0.137. The molecule has 1 aliphatic carbocycles. The number of alkyl halides is 3. The molecule has 1 aliphatic heterocycles. The first-order valence-corrected chi connectivity index (χ1v) is 6.89. The third-order valence-electron chi connectivity index (χ3n) is 4.06. The summed E-state index contributed by atoms with van der Waals surface area (Å²) in [6.07, 6.45) is -2.62. The van der Waals surface area contributed by atoms with E-state index in [9.17, 15) is 13.2 Å². The largest absolute Gasteiger partial charge is 0.419 e. The SMILES string of the molecule is FC(F)(F)c1cc(NC2C[C@H]3CNC[C@H]3C2)nnc1Cl. The number of hydrogen-bond donors (Lipinski definition) is 2. The first kappa shape index (κ1) is 13.9. The van der Waals surface area contributed by atoms with E-state index in [1.54, 1.807) is 0 Å². The van der Waals surface area contributed by atoms with Gasteiger partial charge in [0.25, 0.3) is 0 Å². The Balaban J connectivity index is 1.72. The molecule has 1 saturated carbocycles. The highest BCUT2D eigenvalue weighted by Crippen LogP contribution is 2.37. The molecule has 1 aromatic rings. The Bertz CT molecular complexity index is 496. The highest BCUT2D eigenvalue weighted by atomic mass is 35.5. The van der Waals surface area contributed by atoms with Crippen LogP contribution in [-0.2, 0) is 6.18 Å². The van der Waals surface area contributed by atoms with Gasteiger partial charge in [0.05, 0.1) is 5.56 Å². The van der Waals surface area contributed by atoms with Gasteiger partial charge in [-0.3, -0.25) is 0 Å². The Kier molecular flexibility index (Phi) is 3.50. The van der Waals surface area contributed by atoms with Crippen molar-refractivity contribution in [2.24, 2.45) is 11.8 Å². The molecule has 1 unspecified atom stereocenters. The molecular formula is C12H14ClF3N4. The number of fused-ring (bicyclic) bond motifs is 1. The van der Waals surface area contributed by atoms with E-state index in [0.29, 0.717) is 11.8 Å². The van der Waals surface area contributed by atoms with Gasteiger partial charge in [-0.2, -0.15) is 13.2 Å². The number of halogens is 4. The van der Waals surface area contributed by atoms with E-state index >= 15 is 0 Å². The van der Waals surface area contributed by atoms with Gasteiger partial charge in [0.15, 0.2) is 5.15 Å². The summed E-state index contributed by atoms with van der Waals surface area (Å²) in [5.41, 5.74) is -0.948. The molecule has 0 bridgehead atoms. The van der Waals surface area contributed by atoms with Gasteiger partial charge in [-0.25, -0.2) is 0 Å². The van der Waals surface area contributed by atoms with E-state index in [0.717, 1.165) is 32.0 Å². The van der Waals surface area contributed by atoms with E-state index in [-0.39, 0.29) is 11.9 Å². The second-order valence-corrected chi connectivity index (χ2v) is 5.78. The van der Waals surface area contributed by atoms with E-state index < -0.39 is 16.9 Å². The zero-order chi connectivity index (χ0) is 14.3. The molecule has 20 heavy (non-hydrogen) atoms. The minimum Gasteiger partial charge on any atom is -0.366 e. The highest BCUT2D eigenvalue weighted by molar-refractivity contribution is 6.30. The van der Waals surface area contributed by atoms with Crippen molar-refractivity contribution in [1.82, 2.24) is 15.5 Å². The zero-order valence-corrected chi connectivity index (χ0v) is 11.3. The summed E-state index contributed by atoms with van der Waals surface area (Å²) in [4.78, 5) is 0. The molecule has 2 heterocycles. The number of aromatic nitrogens is 2. The summed E-state index contributed by atoms with van der Waals surface area (Å²) in [6.45, 7) is 1.98. The summed E-state index contributed by atoms with van der Waals surface area (Å²) in [5, 5.41) is 12.8. The van der Waals surface area contributed by atoms with Crippen LogP contribution in [0, 0.1) is 11.8 Å². The minimum atomic E-state index is -4.51. The first-order valence-electron chi connectivity index (χ1n) is 6.51. The maximum Gasteiger partial charge on any atom is 0.419 e. The van der Waals surface area contributed by atoms with E-state index in [1.807, 2.05) is 0 Å². The quantitative estimate of drug-likeness (QED) is 0.882. The molecule has 2 fully saturated rings. The van der Waals surface area contributed by atoms with Crippen molar-refractivity contribution >= 4 is 17.4 Å². The Morgan fingerprint density at radius 1 is 1.20 bits per heavy atom. The molecule has 4 nitrogen and oxygen atoms in total. The summed E-state index contributed by atoms with van der Waals surface area (Å²) in [6, 6.07) is 1.09. The van der Waals surface area contributed by atoms with Crippen LogP contribution in [0.4, 0.5) is 19.0 Å². The van der Waals surface area contributed by atoms with Gasteiger partial charge in [-0.1, -0.05) is 11.6 Å². The highest BCUT2D eigenvalue weighted by Gasteiger charge is 2.38. The van der Waals surface area contributed by atoms with Gasteiger partial charge in [0.2, 0.25) is 0 Å². The van der Waals surface area contributed by atoms with E-state index in [4.69, 9.17) is 11.6 Å². The molecule has 0 spiro atoms. The second kappa shape index (κ2) is 5.04. The molecule has 0 radical (unpaired) electrons. The summed E-state index contributed by atoms with van der Waals surface area (Å²) in [7, 11) is 0. The van der Waals surface area contributed by atoms with Gasteiger partial charge in [-0.15, -0.1) is 10.2 Å². The second-order valence-electron chi connectivity index (χ2n) is 5.42. The molecule has 1 saturated heterocycles. The Morgan fingerprint density at radius 2 is 1.85 bits per heavy atom. The molecule has 0 aromatic carbocycles. The van der Waals surface area contributed by atoms with Gasteiger partial charge >= 0.3 is 6.18 Å². The van der Waals surface area contributed by atoms with Crippen molar-refractivity contribution in [1.29, 1.82) is 0 Å². The Labute approximate surface area is 119 Å². The minimum absolute atomic E-state index is 0.139. The lowest BCUT2D eigenvalue weighted by Gasteiger charge is -2.15. The predicted octanol–water partition coefficient (Wildman–Crippen LogP) is 2.56. The Morgan fingerprint density at radius 3 is 2.45 bits per heavy atom. The topological polar surface area (TPSA) is 49.8 Å². The standard InChI is InChI=1S/C12H14ClF3N4/c13-11-9(12(14,15)16)3-10(19-20-11)18-8-1-6-4-17-5-7(6)2-8/h3,6-8,17H,1-2,4-5H2,(H,18,19)/t6-,7+,8?. The number of nitrogens with one attached hydrogen (secondary N) is 2. The van der Waals surface area contributed by atoms with Gasteiger partial charge in [-0.05, 0) is 43.8 Å². The third-order valence-corrected chi connectivity index (χ3v) is 4.34. The van der Waals surface area contributed by atoms with Crippen LogP contribution in [0.3, 0.4) is 0 Å². The van der Waals surface area contributed by atoms with E-state index in [2.05, 4.69) is 20.8 Å². The van der Waals surface area contributed by atoms with Crippen molar-refractivity contribution in [3.8, 4) is 0 Å². The van der Waals surface area contributed by atoms with Crippen LogP contribution in [0.15, 0.2) is 6.07 Å². The van der Waals surface area contributed by atoms with Crippen LogP contribution in [0.5, 0.6) is 0 Å². The van der Waals surface area contributed by atoms with Crippen LogP contribution >= 0.6 is 11.6 Å². The van der Waals surface area contributed by atoms with Crippen molar-refractivity contribution in [3.05, 3.63) is 16.8 Å². The van der Waals surface area contributed by atoms with Gasteiger partial charge < -0.3 is 10.6 Å². The molecular weight excluding hydrogens is 293 g/mol. The Hall–Kier alpha value is -1.08. The fraction of sp³-hybridized carbons (Fsp3) is 0.667. The number of hydrogen-bond acceptors (Lipinski definition) is 4. The zero-order valence-electron chi connectivity index (χ0n) is 10.5. The molecule has 1 aromatic heterocycles. The van der Waals surface area contributed by atoms with Crippen LogP contribution < -0.4 is 10.6 Å². The fourth-order valence-electron chi connectivity index (χ4n) is 3.14. The van der Waals surface area contributed by atoms with Crippen molar-refractivity contribution in [3.63, 3.8) is 0 Å². The smallest absolute Gasteiger partial charge is 0.366 e. The summed E-state index contributed by atoms with van der Waals surface area (Å²) < 4.78 is 38.2. The maximum absolute atomic E-state index is 12.7. The average Bonchev–Trinajstić information content (AvgIpc) is 2.90. The van der Waals surface area contributed by atoms with Crippen molar-refractivity contribution in [2.45, 2.75) is 25.1 Å². The van der Waals surface area contributed by atoms with Crippen molar-refractivity contribution < 1.29 is 13.2 Å².